The first-order valence-electron chi connectivity index (χ1n) is 5.97. The number of aromatic hydroxyl groups is 1. The lowest BCUT2D eigenvalue weighted by Gasteiger charge is -2.13. The van der Waals surface area contributed by atoms with Crippen molar-refractivity contribution in [3.8, 4) is 5.75 Å². The van der Waals surface area contributed by atoms with Gasteiger partial charge in [0.25, 0.3) is 0 Å². The van der Waals surface area contributed by atoms with Crippen molar-refractivity contribution in [1.82, 2.24) is 20.1 Å². The Bertz CT molecular complexity index is 580. The Hall–Kier alpha value is -2.37. The van der Waals surface area contributed by atoms with Gasteiger partial charge in [-0.25, -0.2) is 0 Å². The van der Waals surface area contributed by atoms with Crippen LogP contribution >= 0.6 is 0 Å². The molecule has 1 aromatic carbocycles. The van der Waals surface area contributed by atoms with Crippen molar-refractivity contribution >= 4 is 5.91 Å². The molecule has 6 heteroatoms. The SMILES string of the molecule is CC(NC(=O)Cc1cccc(O)c1)c1nncn1C. The smallest absolute Gasteiger partial charge is 0.225 e. The maximum atomic E-state index is 11.9. The first-order chi connectivity index (χ1) is 9.06. The molecular weight excluding hydrogens is 244 g/mol. The average Bonchev–Trinajstić information content (AvgIpc) is 2.75. The Balaban J connectivity index is 1.96. The van der Waals surface area contributed by atoms with Crippen LogP contribution < -0.4 is 5.32 Å². The standard InChI is InChI=1S/C13H16N4O2/c1-9(13-16-14-8-17(13)2)15-12(19)7-10-4-3-5-11(18)6-10/h3-6,8-9,18H,7H2,1-2H3,(H,15,19). The second kappa shape index (κ2) is 5.51. The molecule has 1 unspecified atom stereocenters. The van der Waals surface area contributed by atoms with E-state index in [1.165, 1.54) is 0 Å². The van der Waals surface area contributed by atoms with Gasteiger partial charge in [0, 0.05) is 7.05 Å². The van der Waals surface area contributed by atoms with Gasteiger partial charge in [-0.15, -0.1) is 10.2 Å². The highest BCUT2D eigenvalue weighted by Gasteiger charge is 2.14. The van der Waals surface area contributed by atoms with Gasteiger partial charge in [0.1, 0.15) is 12.1 Å². The largest absolute Gasteiger partial charge is 0.508 e. The molecule has 19 heavy (non-hydrogen) atoms. The molecule has 2 N–H and O–H groups in total. The maximum absolute atomic E-state index is 11.9. The number of carbonyl (C=O) groups excluding carboxylic acids is 1. The molecule has 1 heterocycles. The molecule has 6 nitrogen and oxygen atoms in total. The van der Waals surface area contributed by atoms with E-state index in [2.05, 4.69) is 15.5 Å². The van der Waals surface area contributed by atoms with Crippen LogP contribution in [0.4, 0.5) is 0 Å². The highest BCUT2D eigenvalue weighted by molar-refractivity contribution is 5.79. The number of hydrogen-bond acceptors (Lipinski definition) is 4. The Morgan fingerprint density at radius 2 is 2.32 bits per heavy atom. The van der Waals surface area contributed by atoms with Crippen LogP contribution in [0.5, 0.6) is 5.75 Å². The van der Waals surface area contributed by atoms with Crippen LogP contribution in [0, 0.1) is 0 Å². The lowest BCUT2D eigenvalue weighted by molar-refractivity contribution is -0.121. The molecule has 0 spiro atoms. The summed E-state index contributed by atoms with van der Waals surface area (Å²) in [6.45, 7) is 1.85. The molecule has 1 atom stereocenters. The van der Waals surface area contributed by atoms with Crippen LogP contribution in [0.25, 0.3) is 0 Å². The normalized spacial score (nSPS) is 12.1. The zero-order valence-corrected chi connectivity index (χ0v) is 10.9. The van der Waals surface area contributed by atoms with Gasteiger partial charge in [-0.3, -0.25) is 4.79 Å². The number of benzene rings is 1. The van der Waals surface area contributed by atoms with E-state index in [4.69, 9.17) is 0 Å². The van der Waals surface area contributed by atoms with Crippen molar-refractivity contribution in [2.45, 2.75) is 19.4 Å². The minimum Gasteiger partial charge on any atom is -0.508 e. The van der Waals surface area contributed by atoms with E-state index in [1.54, 1.807) is 35.2 Å². The van der Waals surface area contributed by atoms with Gasteiger partial charge in [-0.05, 0) is 24.6 Å². The molecule has 0 aliphatic rings. The third kappa shape index (κ3) is 3.31. The fourth-order valence-electron chi connectivity index (χ4n) is 1.89. The number of phenolic OH excluding ortho intramolecular Hbond substituents is 1. The van der Waals surface area contributed by atoms with E-state index in [1.807, 2.05) is 14.0 Å². The summed E-state index contributed by atoms with van der Waals surface area (Å²) in [5.41, 5.74) is 0.766. The van der Waals surface area contributed by atoms with E-state index in [0.717, 1.165) is 5.56 Å². The quantitative estimate of drug-likeness (QED) is 0.857. The number of phenols is 1. The van der Waals surface area contributed by atoms with Crippen molar-refractivity contribution in [1.29, 1.82) is 0 Å². The highest BCUT2D eigenvalue weighted by Crippen LogP contribution is 2.12. The summed E-state index contributed by atoms with van der Waals surface area (Å²) in [5, 5.41) is 19.9. The summed E-state index contributed by atoms with van der Waals surface area (Å²) < 4.78 is 1.76. The van der Waals surface area contributed by atoms with Crippen molar-refractivity contribution in [3.63, 3.8) is 0 Å². The first-order valence-corrected chi connectivity index (χ1v) is 5.97. The summed E-state index contributed by atoms with van der Waals surface area (Å²) in [6, 6.07) is 6.45. The molecule has 0 saturated carbocycles. The number of aromatic nitrogens is 3. The topological polar surface area (TPSA) is 80.0 Å². The van der Waals surface area contributed by atoms with E-state index < -0.39 is 0 Å². The van der Waals surface area contributed by atoms with Crippen molar-refractivity contribution in [2.75, 3.05) is 0 Å². The van der Waals surface area contributed by atoms with Gasteiger partial charge in [-0.2, -0.15) is 0 Å². The molecule has 2 rings (SSSR count). The van der Waals surface area contributed by atoms with Crippen LogP contribution in [0.2, 0.25) is 0 Å². The van der Waals surface area contributed by atoms with E-state index in [-0.39, 0.29) is 24.1 Å². The Morgan fingerprint density at radius 3 is 2.95 bits per heavy atom. The van der Waals surface area contributed by atoms with Gasteiger partial charge in [-0.1, -0.05) is 12.1 Å². The number of carbonyl (C=O) groups is 1. The second-order valence-corrected chi connectivity index (χ2v) is 4.44. The van der Waals surface area contributed by atoms with Crippen molar-refractivity contribution in [3.05, 3.63) is 42.0 Å². The molecule has 0 bridgehead atoms. The molecular formula is C13H16N4O2. The van der Waals surface area contributed by atoms with Crippen LogP contribution in [0.1, 0.15) is 24.4 Å². The minimum atomic E-state index is -0.211. The molecule has 1 aromatic heterocycles. The second-order valence-electron chi connectivity index (χ2n) is 4.44. The zero-order valence-electron chi connectivity index (χ0n) is 10.9. The summed E-state index contributed by atoms with van der Waals surface area (Å²) in [7, 11) is 1.83. The predicted octanol–water partition coefficient (Wildman–Crippen LogP) is 0.941. The van der Waals surface area contributed by atoms with Crippen LogP contribution in [0.15, 0.2) is 30.6 Å². The lowest BCUT2D eigenvalue weighted by Crippen LogP contribution is -2.29. The monoisotopic (exact) mass is 260 g/mol. The van der Waals surface area contributed by atoms with E-state index in [9.17, 15) is 9.90 Å². The van der Waals surface area contributed by atoms with Gasteiger partial charge in [0.05, 0.1) is 12.5 Å². The number of nitrogens with zero attached hydrogens (tertiary/aromatic N) is 3. The van der Waals surface area contributed by atoms with Gasteiger partial charge in [0.15, 0.2) is 5.82 Å². The first kappa shape index (κ1) is 13.1. The third-order valence-corrected chi connectivity index (χ3v) is 2.79. The average molecular weight is 260 g/mol. The van der Waals surface area contributed by atoms with Crippen molar-refractivity contribution < 1.29 is 9.90 Å². The maximum Gasteiger partial charge on any atom is 0.225 e. The van der Waals surface area contributed by atoms with E-state index in [0.29, 0.717) is 5.82 Å². The van der Waals surface area contributed by atoms with Crippen molar-refractivity contribution in [2.24, 2.45) is 7.05 Å². The predicted molar refractivity (Wildman–Crippen MR) is 69.4 cm³/mol. The Morgan fingerprint density at radius 1 is 1.53 bits per heavy atom. The fourth-order valence-corrected chi connectivity index (χ4v) is 1.89. The molecule has 0 aliphatic carbocycles. The molecule has 1 amide bonds. The fraction of sp³-hybridized carbons (Fsp3) is 0.308. The number of aryl methyl sites for hydroxylation is 1. The molecule has 100 valence electrons. The molecule has 0 radical (unpaired) electrons. The molecule has 0 aliphatic heterocycles. The number of rotatable bonds is 4. The number of hydrogen-bond donors (Lipinski definition) is 2. The Labute approximate surface area is 111 Å². The Kier molecular flexibility index (Phi) is 3.79. The van der Waals surface area contributed by atoms with Gasteiger partial charge < -0.3 is 15.0 Å². The van der Waals surface area contributed by atoms with Crippen LogP contribution in [-0.4, -0.2) is 25.8 Å². The number of nitrogens with one attached hydrogen (secondary N) is 1. The minimum absolute atomic E-state index is 0.124. The van der Waals surface area contributed by atoms with Crippen LogP contribution in [-0.2, 0) is 18.3 Å². The summed E-state index contributed by atoms with van der Waals surface area (Å²) >= 11 is 0. The van der Waals surface area contributed by atoms with Gasteiger partial charge in [0.2, 0.25) is 5.91 Å². The highest BCUT2D eigenvalue weighted by atomic mass is 16.3. The number of amides is 1. The van der Waals surface area contributed by atoms with E-state index >= 15 is 0 Å². The molecule has 2 aromatic rings. The van der Waals surface area contributed by atoms with Crippen LogP contribution in [0.3, 0.4) is 0 Å². The summed E-state index contributed by atoms with van der Waals surface area (Å²) in [4.78, 5) is 11.9. The zero-order chi connectivity index (χ0) is 13.8. The third-order valence-electron chi connectivity index (χ3n) is 2.79. The van der Waals surface area contributed by atoms with Gasteiger partial charge >= 0.3 is 0 Å². The molecule has 0 fully saturated rings. The lowest BCUT2D eigenvalue weighted by atomic mass is 10.1. The summed E-state index contributed by atoms with van der Waals surface area (Å²) in [6.07, 6.45) is 1.81. The summed E-state index contributed by atoms with van der Waals surface area (Å²) in [5.74, 6) is 0.733. The molecule has 0 saturated heterocycles.